The minimum absolute atomic E-state index is 0.129. The highest BCUT2D eigenvalue weighted by Gasteiger charge is 2.20. The minimum Gasteiger partial charge on any atom is -0.478 e. The van der Waals surface area contributed by atoms with E-state index >= 15 is 0 Å². The predicted octanol–water partition coefficient (Wildman–Crippen LogP) is 1.07. The van der Waals surface area contributed by atoms with Gasteiger partial charge in [-0.1, -0.05) is 0 Å². The van der Waals surface area contributed by atoms with Gasteiger partial charge in [0.25, 0.3) is 0 Å². The van der Waals surface area contributed by atoms with Crippen molar-refractivity contribution in [2.75, 3.05) is 12.4 Å². The fourth-order valence-electron chi connectivity index (χ4n) is 1.40. The molecule has 1 aromatic carbocycles. The fourth-order valence-corrected chi connectivity index (χ4v) is 2.84. The Morgan fingerprint density at radius 2 is 1.94 bits per heavy atom. The average molecular weight is 276 g/mol. The van der Waals surface area contributed by atoms with Crippen LogP contribution in [0.4, 0.5) is 4.39 Å². The van der Waals surface area contributed by atoms with Crippen molar-refractivity contribution in [3.63, 3.8) is 0 Å². The van der Waals surface area contributed by atoms with Crippen LogP contribution in [0.15, 0.2) is 23.1 Å². The number of halogens is 1. The van der Waals surface area contributed by atoms with Crippen molar-refractivity contribution in [1.82, 2.24) is 0 Å². The Kier molecular flexibility index (Phi) is 4.80. The molecule has 0 saturated carbocycles. The highest BCUT2D eigenvalue weighted by atomic mass is 32.2. The van der Waals surface area contributed by atoms with Crippen LogP contribution in [0, 0.1) is 5.82 Å². The number of benzene rings is 1. The molecule has 1 aromatic rings. The van der Waals surface area contributed by atoms with E-state index in [2.05, 4.69) is 0 Å². The quantitative estimate of drug-likeness (QED) is 0.758. The van der Waals surface area contributed by atoms with Gasteiger partial charge < -0.3 is 10.2 Å². The molecule has 0 aliphatic carbocycles. The summed E-state index contributed by atoms with van der Waals surface area (Å²) in [4.78, 5) is 10.1. The third-order valence-electron chi connectivity index (χ3n) is 2.34. The first kappa shape index (κ1) is 14.6. The lowest BCUT2D eigenvalue weighted by Gasteiger charge is -2.06. The lowest BCUT2D eigenvalue weighted by atomic mass is 10.2. The molecule has 0 aromatic heterocycles. The maximum absolute atomic E-state index is 13.5. The van der Waals surface area contributed by atoms with Gasteiger partial charge in [0.05, 0.1) is 11.3 Å². The molecule has 2 N–H and O–H groups in total. The van der Waals surface area contributed by atoms with Gasteiger partial charge in [-0.25, -0.2) is 17.6 Å². The summed E-state index contributed by atoms with van der Waals surface area (Å²) >= 11 is 0. The maximum atomic E-state index is 13.5. The molecule has 1 rings (SSSR count). The summed E-state index contributed by atoms with van der Waals surface area (Å²) in [5.74, 6) is -2.67. The zero-order chi connectivity index (χ0) is 13.8. The van der Waals surface area contributed by atoms with E-state index in [9.17, 15) is 17.6 Å². The van der Waals surface area contributed by atoms with Crippen molar-refractivity contribution in [2.24, 2.45) is 0 Å². The Hall–Kier alpha value is -1.47. The van der Waals surface area contributed by atoms with Crippen molar-refractivity contribution >= 4 is 15.8 Å². The van der Waals surface area contributed by atoms with Gasteiger partial charge in [-0.3, -0.25) is 0 Å². The average Bonchev–Trinajstić information content (AvgIpc) is 2.28. The van der Waals surface area contributed by atoms with E-state index in [0.717, 1.165) is 12.1 Å². The van der Waals surface area contributed by atoms with Crippen molar-refractivity contribution in [1.29, 1.82) is 0 Å². The molecule has 0 heterocycles. The lowest BCUT2D eigenvalue weighted by Crippen LogP contribution is -2.10. The Balaban J connectivity index is 2.99. The second-order valence-electron chi connectivity index (χ2n) is 3.70. The summed E-state index contributed by atoms with van der Waals surface area (Å²) in [5, 5.41) is 17.2. The molecule has 7 heteroatoms. The number of hydrogen-bond donors (Lipinski definition) is 2. The Morgan fingerprint density at radius 1 is 1.28 bits per heavy atom. The second-order valence-corrected chi connectivity index (χ2v) is 5.78. The third kappa shape index (κ3) is 3.51. The first-order valence-corrected chi connectivity index (χ1v) is 6.90. The van der Waals surface area contributed by atoms with Crippen molar-refractivity contribution in [3.8, 4) is 0 Å². The zero-order valence-corrected chi connectivity index (χ0v) is 10.3. The van der Waals surface area contributed by atoms with Gasteiger partial charge in [-0.15, -0.1) is 0 Å². The summed E-state index contributed by atoms with van der Waals surface area (Å²) in [6.07, 6.45) is 0.535. The van der Waals surface area contributed by atoms with Gasteiger partial charge in [0, 0.05) is 6.61 Å². The standard InChI is InChI=1S/C11H13FO5S/c12-9-7-8(11(14)15)3-4-10(9)18(16,17)6-2-1-5-13/h3-4,7,13H,1-2,5-6H2,(H,14,15). The number of aliphatic hydroxyl groups excluding tert-OH is 1. The van der Waals surface area contributed by atoms with Gasteiger partial charge in [-0.05, 0) is 31.0 Å². The topological polar surface area (TPSA) is 91.7 Å². The van der Waals surface area contributed by atoms with Crippen LogP contribution >= 0.6 is 0 Å². The van der Waals surface area contributed by atoms with E-state index in [1.165, 1.54) is 0 Å². The SMILES string of the molecule is O=C(O)c1ccc(S(=O)(=O)CCCCO)c(F)c1. The largest absolute Gasteiger partial charge is 0.478 e. The fraction of sp³-hybridized carbons (Fsp3) is 0.364. The first-order valence-electron chi connectivity index (χ1n) is 5.25. The smallest absolute Gasteiger partial charge is 0.335 e. The number of unbranched alkanes of at least 4 members (excludes halogenated alkanes) is 1. The molecule has 18 heavy (non-hydrogen) atoms. The van der Waals surface area contributed by atoms with E-state index in [1.807, 2.05) is 0 Å². The number of carbonyl (C=O) groups is 1. The molecule has 0 bridgehead atoms. The van der Waals surface area contributed by atoms with Crippen LogP contribution in [0.25, 0.3) is 0 Å². The number of rotatable bonds is 6. The molecule has 0 aliphatic heterocycles. The summed E-state index contributed by atoms with van der Waals surface area (Å²) in [7, 11) is -3.78. The predicted molar refractivity (Wildman–Crippen MR) is 61.7 cm³/mol. The number of carboxylic acid groups (broad SMARTS) is 1. The second kappa shape index (κ2) is 5.92. The molecule has 0 aliphatic rings. The normalized spacial score (nSPS) is 11.4. The van der Waals surface area contributed by atoms with Crippen molar-refractivity contribution in [2.45, 2.75) is 17.7 Å². The van der Waals surface area contributed by atoms with Gasteiger partial charge >= 0.3 is 5.97 Å². The van der Waals surface area contributed by atoms with E-state index in [0.29, 0.717) is 12.5 Å². The monoisotopic (exact) mass is 276 g/mol. The maximum Gasteiger partial charge on any atom is 0.335 e. The van der Waals surface area contributed by atoms with E-state index in [4.69, 9.17) is 10.2 Å². The summed E-state index contributed by atoms with van der Waals surface area (Å²) in [6.45, 7) is -0.129. The van der Waals surface area contributed by atoms with Gasteiger partial charge in [0.1, 0.15) is 10.7 Å². The summed E-state index contributed by atoms with van der Waals surface area (Å²) in [6, 6.07) is 2.68. The molecule has 5 nitrogen and oxygen atoms in total. The molecule has 100 valence electrons. The molecule has 0 fully saturated rings. The highest BCUT2D eigenvalue weighted by Crippen LogP contribution is 2.18. The molecule has 0 spiro atoms. The zero-order valence-electron chi connectivity index (χ0n) is 9.47. The molecular formula is C11H13FO5S. The van der Waals surface area contributed by atoms with Crippen LogP contribution < -0.4 is 0 Å². The van der Waals surface area contributed by atoms with E-state index in [-0.39, 0.29) is 24.3 Å². The molecule has 0 saturated heterocycles. The number of carboxylic acids is 1. The number of hydrogen-bond acceptors (Lipinski definition) is 4. The van der Waals surface area contributed by atoms with Crippen LogP contribution in [0.3, 0.4) is 0 Å². The third-order valence-corrected chi connectivity index (χ3v) is 4.16. The minimum atomic E-state index is -3.78. The Bertz CT molecular complexity index is 538. The number of sulfone groups is 1. The van der Waals surface area contributed by atoms with E-state index < -0.39 is 26.5 Å². The number of aromatic carboxylic acids is 1. The Labute approximate surface area is 104 Å². The summed E-state index contributed by atoms with van der Waals surface area (Å²) in [5.41, 5.74) is -0.304. The van der Waals surface area contributed by atoms with Crippen molar-refractivity contribution < 1.29 is 27.8 Å². The van der Waals surface area contributed by atoms with Gasteiger partial charge in [0.2, 0.25) is 0 Å². The first-order chi connectivity index (χ1) is 8.38. The summed E-state index contributed by atoms with van der Waals surface area (Å²) < 4.78 is 37.0. The number of aliphatic hydroxyl groups is 1. The van der Waals surface area contributed by atoms with Crippen LogP contribution in [0.5, 0.6) is 0 Å². The van der Waals surface area contributed by atoms with Crippen LogP contribution in [0.1, 0.15) is 23.2 Å². The van der Waals surface area contributed by atoms with Crippen LogP contribution in [-0.2, 0) is 9.84 Å². The van der Waals surface area contributed by atoms with E-state index in [1.54, 1.807) is 0 Å². The lowest BCUT2D eigenvalue weighted by molar-refractivity contribution is 0.0696. The Morgan fingerprint density at radius 3 is 2.44 bits per heavy atom. The van der Waals surface area contributed by atoms with Crippen LogP contribution in [0.2, 0.25) is 0 Å². The highest BCUT2D eigenvalue weighted by molar-refractivity contribution is 7.91. The molecule has 0 radical (unpaired) electrons. The molecule has 0 unspecified atom stereocenters. The van der Waals surface area contributed by atoms with Crippen molar-refractivity contribution in [3.05, 3.63) is 29.6 Å². The molecule has 0 amide bonds. The molecular weight excluding hydrogens is 263 g/mol. The van der Waals surface area contributed by atoms with Gasteiger partial charge in [0.15, 0.2) is 9.84 Å². The van der Waals surface area contributed by atoms with Crippen LogP contribution in [-0.4, -0.2) is 37.0 Å². The van der Waals surface area contributed by atoms with Gasteiger partial charge in [-0.2, -0.15) is 0 Å². The molecule has 0 atom stereocenters.